The monoisotopic (exact) mass is 466 g/mol. The minimum absolute atomic E-state index is 0. The van der Waals surface area contributed by atoms with Gasteiger partial charge in [-0.15, -0.1) is 0 Å². The lowest BCUT2D eigenvalue weighted by Crippen LogP contribution is -3.00. The molecule has 0 heterocycles. The molecule has 0 nitrogen and oxygen atoms in total. The van der Waals surface area contributed by atoms with E-state index >= 15 is 0 Å². The molecule has 4 rings (SSSR count). The molecule has 142 valence electrons. The minimum atomic E-state index is -1.78. The maximum atomic E-state index is 2.30. The van der Waals surface area contributed by atoms with E-state index in [4.69, 9.17) is 0 Å². The van der Waals surface area contributed by atoms with Crippen LogP contribution in [0.3, 0.4) is 0 Å². The number of hydrogen-bond acceptors (Lipinski definition) is 0. The maximum absolute atomic E-state index is 2.30. The summed E-state index contributed by atoms with van der Waals surface area (Å²) in [6, 6.07) is 44.0. The van der Waals surface area contributed by atoms with Crippen molar-refractivity contribution in [2.75, 3.05) is 0 Å². The molecule has 0 aliphatic rings. The van der Waals surface area contributed by atoms with Crippen molar-refractivity contribution in [1.29, 1.82) is 0 Å². The van der Waals surface area contributed by atoms with Gasteiger partial charge in [0.1, 0.15) is 23.2 Å². The standard InChI is InChI=1S/C25H22P.BrH.H3P/c1-5-13-22(14-6-1)21-26(23-15-7-2-8-16-23,24-17-9-3-10-18-24)25-19-11-4-12-20-25;;/h1-20H,21H2;1H;1H3/q+1;;/p-1. The first kappa shape index (κ1) is 22.5. The van der Waals surface area contributed by atoms with Gasteiger partial charge in [-0.2, -0.15) is 9.90 Å². The Morgan fingerprint density at radius 2 is 0.714 bits per heavy atom. The quantitative estimate of drug-likeness (QED) is 0.395. The van der Waals surface area contributed by atoms with Gasteiger partial charge in [-0.25, -0.2) is 0 Å². The average molecular weight is 467 g/mol. The molecule has 4 aromatic rings. The predicted octanol–water partition coefficient (Wildman–Crippen LogP) is 2.24. The SMILES string of the molecule is P.[Br-].c1ccc(C[P+](c2ccccc2)(c2ccccc2)c2ccccc2)cc1. The Kier molecular flexibility index (Phi) is 8.58. The smallest absolute Gasteiger partial charge is 0.116 e. The summed E-state index contributed by atoms with van der Waals surface area (Å²) in [5, 5.41) is 4.30. The molecule has 0 bridgehead atoms. The van der Waals surface area contributed by atoms with E-state index in [9.17, 15) is 0 Å². The summed E-state index contributed by atoms with van der Waals surface area (Å²) in [5.41, 5.74) is 1.39. The number of hydrogen-bond donors (Lipinski definition) is 0. The summed E-state index contributed by atoms with van der Waals surface area (Å²) >= 11 is 0. The van der Waals surface area contributed by atoms with Gasteiger partial charge in [-0.1, -0.05) is 84.9 Å². The first-order valence-corrected chi connectivity index (χ1v) is 11.0. The number of halogens is 1. The third-order valence-electron chi connectivity index (χ3n) is 4.85. The molecular weight excluding hydrogens is 442 g/mol. The van der Waals surface area contributed by atoms with Gasteiger partial charge >= 0.3 is 0 Å². The highest BCUT2D eigenvalue weighted by Gasteiger charge is 2.45. The highest BCUT2D eigenvalue weighted by Crippen LogP contribution is 2.58. The fourth-order valence-corrected chi connectivity index (χ4v) is 7.87. The van der Waals surface area contributed by atoms with Crippen molar-refractivity contribution in [3.8, 4) is 0 Å². The van der Waals surface area contributed by atoms with Crippen molar-refractivity contribution in [2.24, 2.45) is 0 Å². The summed E-state index contributed by atoms with van der Waals surface area (Å²) in [4.78, 5) is 0. The Bertz CT molecular complexity index is 846. The van der Waals surface area contributed by atoms with E-state index in [2.05, 4.69) is 121 Å². The Hall–Kier alpha value is -1.78. The lowest BCUT2D eigenvalue weighted by Gasteiger charge is -2.27. The Balaban J connectivity index is 0.00000140. The van der Waals surface area contributed by atoms with Crippen LogP contribution in [0.2, 0.25) is 0 Å². The van der Waals surface area contributed by atoms with Crippen LogP contribution < -0.4 is 32.9 Å². The fraction of sp³-hybridized carbons (Fsp3) is 0.0400. The van der Waals surface area contributed by atoms with Crippen LogP contribution in [0.4, 0.5) is 0 Å². The molecule has 0 saturated carbocycles. The van der Waals surface area contributed by atoms with E-state index in [1.165, 1.54) is 21.5 Å². The molecular formula is C25H25BrP2. The molecule has 0 radical (unpaired) electrons. The van der Waals surface area contributed by atoms with Crippen LogP contribution >= 0.6 is 17.2 Å². The van der Waals surface area contributed by atoms with Gasteiger partial charge in [0.2, 0.25) is 0 Å². The molecule has 0 spiro atoms. The third kappa shape index (κ3) is 4.61. The van der Waals surface area contributed by atoms with Crippen LogP contribution in [-0.4, -0.2) is 0 Å². The van der Waals surface area contributed by atoms with Crippen LogP contribution in [0.5, 0.6) is 0 Å². The second-order valence-electron chi connectivity index (χ2n) is 6.46. The summed E-state index contributed by atoms with van der Waals surface area (Å²) in [6.07, 6.45) is 1.03. The molecule has 28 heavy (non-hydrogen) atoms. The van der Waals surface area contributed by atoms with Crippen molar-refractivity contribution in [1.82, 2.24) is 0 Å². The molecule has 0 amide bonds. The van der Waals surface area contributed by atoms with Crippen LogP contribution in [0.25, 0.3) is 0 Å². The van der Waals surface area contributed by atoms with E-state index in [1.54, 1.807) is 0 Å². The third-order valence-corrected chi connectivity index (χ3v) is 9.23. The van der Waals surface area contributed by atoms with Crippen LogP contribution in [0, 0.1) is 0 Å². The molecule has 0 saturated heterocycles. The van der Waals surface area contributed by atoms with Crippen LogP contribution in [0.1, 0.15) is 5.56 Å². The van der Waals surface area contributed by atoms with Gasteiger partial charge < -0.3 is 17.0 Å². The first-order valence-electron chi connectivity index (χ1n) is 8.98. The van der Waals surface area contributed by atoms with Gasteiger partial charge in [0, 0.05) is 0 Å². The van der Waals surface area contributed by atoms with E-state index in [1.807, 2.05) is 0 Å². The molecule has 0 aliphatic carbocycles. The minimum Gasteiger partial charge on any atom is -1.00 e. The summed E-state index contributed by atoms with van der Waals surface area (Å²) in [6.45, 7) is 0. The van der Waals surface area contributed by atoms with Crippen LogP contribution in [-0.2, 0) is 6.16 Å². The van der Waals surface area contributed by atoms with Crippen molar-refractivity contribution < 1.29 is 17.0 Å². The number of rotatable bonds is 5. The molecule has 0 aromatic heterocycles. The second kappa shape index (κ2) is 10.7. The molecule has 1 atom stereocenters. The van der Waals surface area contributed by atoms with Gasteiger partial charge in [0.05, 0.1) is 6.16 Å². The van der Waals surface area contributed by atoms with Gasteiger partial charge in [0.15, 0.2) is 0 Å². The maximum Gasteiger partial charge on any atom is 0.116 e. The van der Waals surface area contributed by atoms with E-state index in [-0.39, 0.29) is 26.9 Å². The Morgan fingerprint density at radius 3 is 1.04 bits per heavy atom. The summed E-state index contributed by atoms with van der Waals surface area (Å²) in [5.74, 6) is 0. The van der Waals surface area contributed by atoms with E-state index in [0.717, 1.165) is 6.16 Å². The van der Waals surface area contributed by atoms with Gasteiger partial charge in [-0.3, -0.25) is 0 Å². The Labute approximate surface area is 182 Å². The lowest BCUT2D eigenvalue weighted by molar-refractivity contribution is -0.00000517. The predicted molar refractivity (Wildman–Crippen MR) is 126 cm³/mol. The highest BCUT2D eigenvalue weighted by molar-refractivity contribution is 7.95. The van der Waals surface area contributed by atoms with Crippen LogP contribution in [0.15, 0.2) is 121 Å². The molecule has 0 aliphatic heterocycles. The van der Waals surface area contributed by atoms with E-state index < -0.39 is 7.26 Å². The summed E-state index contributed by atoms with van der Waals surface area (Å²) < 4.78 is 0. The molecule has 0 fully saturated rings. The zero-order chi connectivity index (χ0) is 17.7. The van der Waals surface area contributed by atoms with Crippen molar-refractivity contribution in [2.45, 2.75) is 6.16 Å². The zero-order valence-corrected chi connectivity index (χ0v) is 19.7. The van der Waals surface area contributed by atoms with Gasteiger partial charge in [-0.05, 0) is 42.0 Å². The molecule has 3 heteroatoms. The number of benzene rings is 4. The second-order valence-corrected chi connectivity index (χ2v) is 9.95. The van der Waals surface area contributed by atoms with Gasteiger partial charge in [0.25, 0.3) is 0 Å². The molecule has 4 aromatic carbocycles. The lowest BCUT2D eigenvalue weighted by atomic mass is 10.2. The Morgan fingerprint density at radius 1 is 0.429 bits per heavy atom. The topological polar surface area (TPSA) is 0 Å². The van der Waals surface area contributed by atoms with Crippen molar-refractivity contribution in [3.05, 3.63) is 127 Å². The normalized spacial score (nSPS) is 10.4. The zero-order valence-electron chi connectivity index (χ0n) is 15.8. The summed E-state index contributed by atoms with van der Waals surface area (Å²) in [7, 11) is -1.78. The highest BCUT2D eigenvalue weighted by atomic mass is 79.9. The van der Waals surface area contributed by atoms with Crippen molar-refractivity contribution >= 4 is 33.1 Å². The fourth-order valence-electron chi connectivity index (χ4n) is 3.63. The average Bonchev–Trinajstić information content (AvgIpc) is 2.75. The molecule has 1 unspecified atom stereocenters. The van der Waals surface area contributed by atoms with Crippen molar-refractivity contribution in [3.63, 3.8) is 0 Å². The first-order chi connectivity index (χ1) is 12.9. The largest absolute Gasteiger partial charge is 1.00 e. The molecule has 0 N–H and O–H groups in total. The van der Waals surface area contributed by atoms with E-state index in [0.29, 0.717) is 0 Å².